The van der Waals surface area contributed by atoms with Crippen molar-refractivity contribution < 1.29 is 0 Å². The van der Waals surface area contributed by atoms with E-state index in [0.29, 0.717) is 5.92 Å². The molecule has 0 aromatic heterocycles. The molecule has 0 saturated carbocycles. The average molecular weight is 291 g/mol. The predicted molar refractivity (Wildman–Crippen MR) is 91.2 cm³/mol. The van der Waals surface area contributed by atoms with Gasteiger partial charge in [0, 0.05) is 11.0 Å². The Bertz CT molecular complexity index is 829. The summed E-state index contributed by atoms with van der Waals surface area (Å²) in [6, 6.07) is 15.1. The van der Waals surface area contributed by atoms with Crippen molar-refractivity contribution in [2.75, 3.05) is 0 Å². The van der Waals surface area contributed by atoms with Gasteiger partial charge in [-0.3, -0.25) is 0 Å². The molecule has 0 spiro atoms. The van der Waals surface area contributed by atoms with Crippen LogP contribution in [0.4, 0.5) is 0 Å². The molecule has 0 fully saturated rings. The Balaban J connectivity index is 1.82. The minimum absolute atomic E-state index is 0.450. The minimum atomic E-state index is 0.450. The van der Waals surface area contributed by atoms with Gasteiger partial charge in [-0.05, 0) is 46.1 Å². The molecule has 0 N–H and O–H groups in total. The van der Waals surface area contributed by atoms with Crippen molar-refractivity contribution in [3.05, 3.63) is 89.0 Å². The summed E-state index contributed by atoms with van der Waals surface area (Å²) >= 11 is 6.08. The van der Waals surface area contributed by atoms with Crippen LogP contribution in [0.25, 0.3) is 16.3 Å². The van der Waals surface area contributed by atoms with Gasteiger partial charge >= 0.3 is 0 Å². The van der Waals surface area contributed by atoms with Crippen LogP contribution in [0.3, 0.4) is 0 Å². The highest BCUT2D eigenvalue weighted by Crippen LogP contribution is 2.38. The van der Waals surface area contributed by atoms with Crippen molar-refractivity contribution in [2.45, 2.75) is 6.42 Å². The SMILES string of the molecule is ClC1=CC2=CC=C(c3cccc4ccccc34)CC2C=C1. The highest BCUT2D eigenvalue weighted by Gasteiger charge is 2.20. The van der Waals surface area contributed by atoms with Crippen LogP contribution >= 0.6 is 11.6 Å². The Morgan fingerprint density at radius 3 is 2.76 bits per heavy atom. The third-order valence-corrected chi connectivity index (χ3v) is 4.51. The Morgan fingerprint density at radius 2 is 1.81 bits per heavy atom. The zero-order valence-electron chi connectivity index (χ0n) is 11.6. The molecule has 0 radical (unpaired) electrons. The Morgan fingerprint density at radius 1 is 0.952 bits per heavy atom. The number of fused-ring (bicyclic) bond motifs is 2. The molecule has 21 heavy (non-hydrogen) atoms. The Labute approximate surface area is 129 Å². The molecule has 2 aromatic rings. The van der Waals surface area contributed by atoms with Crippen LogP contribution in [0.1, 0.15) is 12.0 Å². The summed E-state index contributed by atoms with van der Waals surface area (Å²) in [5.74, 6) is 0.450. The lowest BCUT2D eigenvalue weighted by molar-refractivity contribution is 0.792. The fourth-order valence-electron chi connectivity index (χ4n) is 3.20. The van der Waals surface area contributed by atoms with E-state index in [9.17, 15) is 0 Å². The van der Waals surface area contributed by atoms with E-state index >= 15 is 0 Å². The second kappa shape index (κ2) is 5.05. The van der Waals surface area contributed by atoms with Gasteiger partial charge < -0.3 is 0 Å². The number of benzene rings is 2. The van der Waals surface area contributed by atoms with Gasteiger partial charge in [-0.25, -0.2) is 0 Å². The molecule has 102 valence electrons. The average Bonchev–Trinajstić information content (AvgIpc) is 2.54. The first-order valence-electron chi connectivity index (χ1n) is 7.25. The van der Waals surface area contributed by atoms with Crippen LogP contribution in [0.2, 0.25) is 0 Å². The maximum Gasteiger partial charge on any atom is 0.0406 e. The van der Waals surface area contributed by atoms with Crippen LogP contribution in [0.15, 0.2) is 83.5 Å². The molecule has 4 rings (SSSR count). The molecule has 2 aromatic carbocycles. The molecule has 0 saturated heterocycles. The predicted octanol–water partition coefficient (Wildman–Crippen LogP) is 5.86. The summed E-state index contributed by atoms with van der Waals surface area (Å²) < 4.78 is 0. The third kappa shape index (κ3) is 2.26. The smallest absolute Gasteiger partial charge is 0.0406 e. The molecule has 1 unspecified atom stereocenters. The highest BCUT2D eigenvalue weighted by atomic mass is 35.5. The van der Waals surface area contributed by atoms with Crippen LogP contribution in [-0.2, 0) is 0 Å². The topological polar surface area (TPSA) is 0 Å². The van der Waals surface area contributed by atoms with E-state index in [2.05, 4.69) is 66.8 Å². The number of rotatable bonds is 1. The molecule has 1 atom stereocenters. The molecule has 0 heterocycles. The number of allylic oxidation sites excluding steroid dienone is 8. The van der Waals surface area contributed by atoms with E-state index in [4.69, 9.17) is 11.6 Å². The fourth-order valence-corrected chi connectivity index (χ4v) is 3.40. The molecule has 0 amide bonds. The van der Waals surface area contributed by atoms with E-state index in [1.807, 2.05) is 6.08 Å². The largest absolute Gasteiger partial charge is 0.0843 e. The Hall–Kier alpha value is -2.05. The van der Waals surface area contributed by atoms with Crippen molar-refractivity contribution in [3.8, 4) is 0 Å². The van der Waals surface area contributed by atoms with Crippen molar-refractivity contribution in [2.24, 2.45) is 5.92 Å². The summed E-state index contributed by atoms with van der Waals surface area (Å²) in [4.78, 5) is 0. The summed E-state index contributed by atoms with van der Waals surface area (Å²) in [5, 5.41) is 3.45. The van der Waals surface area contributed by atoms with Gasteiger partial charge in [-0.1, -0.05) is 72.3 Å². The van der Waals surface area contributed by atoms with Gasteiger partial charge in [-0.2, -0.15) is 0 Å². The summed E-state index contributed by atoms with van der Waals surface area (Å²) in [6.07, 6.45) is 11.8. The maximum atomic E-state index is 6.08. The third-order valence-electron chi connectivity index (χ3n) is 4.27. The van der Waals surface area contributed by atoms with Gasteiger partial charge in [0.2, 0.25) is 0 Å². The molecular weight excluding hydrogens is 276 g/mol. The van der Waals surface area contributed by atoms with Crippen LogP contribution in [0.5, 0.6) is 0 Å². The summed E-state index contributed by atoms with van der Waals surface area (Å²) in [5.41, 5.74) is 4.06. The fraction of sp³-hybridized carbons (Fsp3) is 0.100. The zero-order chi connectivity index (χ0) is 14.2. The van der Waals surface area contributed by atoms with E-state index < -0.39 is 0 Å². The van der Waals surface area contributed by atoms with Crippen LogP contribution in [-0.4, -0.2) is 0 Å². The molecule has 1 heteroatoms. The lowest BCUT2D eigenvalue weighted by Crippen LogP contribution is -2.07. The van der Waals surface area contributed by atoms with Gasteiger partial charge in [-0.15, -0.1) is 0 Å². The first-order valence-corrected chi connectivity index (χ1v) is 7.63. The molecular formula is C20H15Cl. The van der Waals surface area contributed by atoms with Crippen molar-refractivity contribution in [3.63, 3.8) is 0 Å². The normalized spacial score (nSPS) is 20.6. The van der Waals surface area contributed by atoms with E-state index in [0.717, 1.165) is 11.5 Å². The molecule has 2 aliphatic rings. The first-order chi connectivity index (χ1) is 10.3. The number of hydrogen-bond acceptors (Lipinski definition) is 0. The number of halogens is 1. The van der Waals surface area contributed by atoms with Crippen molar-refractivity contribution in [1.82, 2.24) is 0 Å². The zero-order valence-corrected chi connectivity index (χ0v) is 12.3. The monoisotopic (exact) mass is 290 g/mol. The lowest BCUT2D eigenvalue weighted by Gasteiger charge is -2.24. The quantitative estimate of drug-likeness (QED) is 0.617. The van der Waals surface area contributed by atoms with Gasteiger partial charge in [0.05, 0.1) is 0 Å². The molecule has 2 aliphatic carbocycles. The van der Waals surface area contributed by atoms with Gasteiger partial charge in [0.25, 0.3) is 0 Å². The van der Waals surface area contributed by atoms with Crippen molar-refractivity contribution >= 4 is 27.9 Å². The standard InChI is InChI=1S/C20H15Cl/c21-18-11-10-15-12-17(9-8-16(15)13-18)20-7-3-5-14-4-1-2-6-19(14)20/h1-11,13,15H,12H2. The first kappa shape index (κ1) is 12.7. The minimum Gasteiger partial charge on any atom is -0.0843 e. The number of hydrogen-bond donors (Lipinski definition) is 0. The van der Waals surface area contributed by atoms with E-state index in [-0.39, 0.29) is 0 Å². The summed E-state index contributed by atoms with van der Waals surface area (Å²) in [6.45, 7) is 0. The second-order valence-corrected chi connectivity index (χ2v) is 6.02. The Kier molecular flexibility index (Phi) is 3.05. The van der Waals surface area contributed by atoms with E-state index in [1.165, 1.54) is 27.5 Å². The molecule has 0 nitrogen and oxygen atoms in total. The van der Waals surface area contributed by atoms with Crippen molar-refractivity contribution in [1.29, 1.82) is 0 Å². The van der Waals surface area contributed by atoms with Gasteiger partial charge in [0.15, 0.2) is 0 Å². The van der Waals surface area contributed by atoms with Crippen LogP contribution < -0.4 is 0 Å². The second-order valence-electron chi connectivity index (χ2n) is 5.58. The summed E-state index contributed by atoms with van der Waals surface area (Å²) in [7, 11) is 0. The van der Waals surface area contributed by atoms with Gasteiger partial charge in [0.1, 0.15) is 0 Å². The molecule has 0 bridgehead atoms. The maximum absolute atomic E-state index is 6.08. The van der Waals surface area contributed by atoms with Crippen LogP contribution in [0, 0.1) is 5.92 Å². The highest BCUT2D eigenvalue weighted by molar-refractivity contribution is 6.31. The molecule has 0 aliphatic heterocycles. The van der Waals surface area contributed by atoms with E-state index in [1.54, 1.807) is 0 Å². The lowest BCUT2D eigenvalue weighted by atomic mass is 9.81.